The maximum absolute atomic E-state index is 8.47. The van der Waals surface area contributed by atoms with E-state index in [0.717, 1.165) is 10.6 Å². The number of thioether (sulfide) groups is 1. The second-order valence-corrected chi connectivity index (χ2v) is 3.62. The van der Waals surface area contributed by atoms with Crippen molar-refractivity contribution in [3.63, 3.8) is 0 Å². The Bertz CT molecular complexity index is 335. The standard InChI is InChI=1S/C10H10N2S/c1-8(6-11)7-13-10-4-2-9(12)3-5-10/h2-5H,1,7,12H2. The first-order valence-electron chi connectivity index (χ1n) is 3.78. The highest BCUT2D eigenvalue weighted by Crippen LogP contribution is 2.20. The molecule has 0 radical (unpaired) electrons. The first-order chi connectivity index (χ1) is 6.22. The molecule has 1 aromatic rings. The summed E-state index contributed by atoms with van der Waals surface area (Å²) in [6.07, 6.45) is 0. The zero-order chi connectivity index (χ0) is 9.68. The molecule has 0 spiro atoms. The molecule has 0 amide bonds. The van der Waals surface area contributed by atoms with Crippen LogP contribution >= 0.6 is 11.8 Å². The molecule has 2 N–H and O–H groups in total. The monoisotopic (exact) mass is 190 g/mol. The Balaban J connectivity index is 2.52. The van der Waals surface area contributed by atoms with Gasteiger partial charge in [-0.2, -0.15) is 5.26 Å². The predicted octanol–water partition coefficient (Wildman–Crippen LogP) is 2.44. The molecule has 0 aliphatic carbocycles. The Morgan fingerprint density at radius 1 is 1.46 bits per heavy atom. The number of rotatable bonds is 3. The van der Waals surface area contributed by atoms with Gasteiger partial charge in [-0.25, -0.2) is 0 Å². The average Bonchev–Trinajstić information content (AvgIpc) is 2.16. The fourth-order valence-corrected chi connectivity index (χ4v) is 1.50. The van der Waals surface area contributed by atoms with Gasteiger partial charge in [-0.15, -0.1) is 11.8 Å². The number of benzene rings is 1. The second kappa shape index (κ2) is 4.58. The highest BCUT2D eigenvalue weighted by atomic mass is 32.2. The third kappa shape index (κ3) is 3.22. The summed E-state index contributed by atoms with van der Waals surface area (Å²) in [4.78, 5) is 1.10. The first kappa shape index (κ1) is 9.69. The Kier molecular flexibility index (Phi) is 3.41. The van der Waals surface area contributed by atoms with Gasteiger partial charge in [-0.05, 0) is 24.3 Å². The molecule has 66 valence electrons. The summed E-state index contributed by atoms with van der Waals surface area (Å²) in [5.41, 5.74) is 6.87. The molecule has 0 saturated carbocycles. The van der Waals surface area contributed by atoms with Gasteiger partial charge in [0.2, 0.25) is 0 Å². The van der Waals surface area contributed by atoms with E-state index < -0.39 is 0 Å². The van der Waals surface area contributed by atoms with Crippen molar-refractivity contribution in [3.8, 4) is 6.07 Å². The third-order valence-corrected chi connectivity index (χ3v) is 2.55. The van der Waals surface area contributed by atoms with E-state index >= 15 is 0 Å². The quantitative estimate of drug-likeness (QED) is 0.452. The summed E-state index contributed by atoms with van der Waals surface area (Å²) in [7, 11) is 0. The van der Waals surface area contributed by atoms with Gasteiger partial charge in [-0.3, -0.25) is 0 Å². The van der Waals surface area contributed by atoms with Gasteiger partial charge in [0.25, 0.3) is 0 Å². The SMILES string of the molecule is C=C(C#N)CSc1ccc(N)cc1. The van der Waals surface area contributed by atoms with Gasteiger partial charge in [-0.1, -0.05) is 6.58 Å². The Labute approximate surface area is 82.1 Å². The van der Waals surface area contributed by atoms with E-state index in [0.29, 0.717) is 11.3 Å². The summed E-state index contributed by atoms with van der Waals surface area (Å²) < 4.78 is 0. The van der Waals surface area contributed by atoms with E-state index in [2.05, 4.69) is 6.58 Å². The van der Waals surface area contributed by atoms with Crippen molar-refractivity contribution in [2.75, 3.05) is 11.5 Å². The minimum Gasteiger partial charge on any atom is -0.399 e. The van der Waals surface area contributed by atoms with Crippen LogP contribution in [0.4, 0.5) is 5.69 Å². The van der Waals surface area contributed by atoms with Gasteiger partial charge in [0.15, 0.2) is 0 Å². The maximum Gasteiger partial charge on any atom is 0.0949 e. The fraction of sp³-hybridized carbons (Fsp3) is 0.100. The highest BCUT2D eigenvalue weighted by Gasteiger charge is 1.95. The highest BCUT2D eigenvalue weighted by molar-refractivity contribution is 7.99. The Morgan fingerprint density at radius 2 is 2.08 bits per heavy atom. The molecule has 0 aliphatic rings. The van der Waals surface area contributed by atoms with Crippen molar-refractivity contribution in [2.45, 2.75) is 4.90 Å². The molecule has 1 aromatic carbocycles. The maximum atomic E-state index is 8.47. The number of hydrogen-bond donors (Lipinski definition) is 1. The summed E-state index contributed by atoms with van der Waals surface area (Å²) in [6, 6.07) is 9.57. The first-order valence-corrected chi connectivity index (χ1v) is 4.77. The molecule has 0 fully saturated rings. The number of nitriles is 1. The third-order valence-electron chi connectivity index (χ3n) is 1.45. The van der Waals surface area contributed by atoms with Gasteiger partial charge >= 0.3 is 0 Å². The van der Waals surface area contributed by atoms with Crippen LogP contribution in [0, 0.1) is 11.3 Å². The molecule has 0 aliphatic heterocycles. The molecule has 0 bridgehead atoms. The molecule has 0 heterocycles. The number of hydrogen-bond acceptors (Lipinski definition) is 3. The lowest BCUT2D eigenvalue weighted by Gasteiger charge is -1.99. The van der Waals surface area contributed by atoms with E-state index in [1.165, 1.54) is 0 Å². The molecule has 13 heavy (non-hydrogen) atoms. The molecule has 0 unspecified atom stereocenters. The van der Waals surface area contributed by atoms with Gasteiger partial charge in [0.05, 0.1) is 6.07 Å². The van der Waals surface area contributed by atoms with E-state index in [1.807, 2.05) is 30.3 Å². The van der Waals surface area contributed by atoms with Gasteiger partial charge < -0.3 is 5.73 Å². The van der Waals surface area contributed by atoms with Crippen LogP contribution in [0.1, 0.15) is 0 Å². The topological polar surface area (TPSA) is 49.8 Å². The van der Waals surface area contributed by atoms with Crippen LogP contribution < -0.4 is 5.73 Å². The Hall–Kier alpha value is -1.40. The van der Waals surface area contributed by atoms with Crippen LogP contribution in [0.2, 0.25) is 0 Å². The Morgan fingerprint density at radius 3 is 2.62 bits per heavy atom. The zero-order valence-corrected chi connectivity index (χ0v) is 7.97. The summed E-state index contributed by atoms with van der Waals surface area (Å²) in [5.74, 6) is 0.639. The van der Waals surface area contributed by atoms with E-state index in [4.69, 9.17) is 11.0 Å². The number of nitrogens with zero attached hydrogens (tertiary/aromatic N) is 1. The van der Waals surface area contributed by atoms with Crippen molar-refractivity contribution >= 4 is 17.4 Å². The van der Waals surface area contributed by atoms with E-state index in [-0.39, 0.29) is 0 Å². The molecule has 3 heteroatoms. The molecule has 1 rings (SSSR count). The molecule has 0 saturated heterocycles. The number of nitrogen functional groups attached to an aromatic ring is 1. The normalized spacial score (nSPS) is 9.15. The largest absolute Gasteiger partial charge is 0.399 e. The van der Waals surface area contributed by atoms with Crippen LogP contribution in [0.3, 0.4) is 0 Å². The van der Waals surface area contributed by atoms with Crippen LogP contribution in [0.15, 0.2) is 41.3 Å². The van der Waals surface area contributed by atoms with E-state index in [1.54, 1.807) is 11.8 Å². The minimum atomic E-state index is 0.585. The average molecular weight is 190 g/mol. The van der Waals surface area contributed by atoms with Crippen molar-refractivity contribution < 1.29 is 0 Å². The van der Waals surface area contributed by atoms with Crippen molar-refractivity contribution in [3.05, 3.63) is 36.4 Å². The summed E-state index contributed by atoms with van der Waals surface area (Å²) in [6.45, 7) is 3.60. The summed E-state index contributed by atoms with van der Waals surface area (Å²) in [5, 5.41) is 8.47. The summed E-state index contributed by atoms with van der Waals surface area (Å²) >= 11 is 1.58. The minimum absolute atomic E-state index is 0.585. The molecule has 0 atom stereocenters. The number of nitrogens with two attached hydrogens (primary N) is 1. The predicted molar refractivity (Wildman–Crippen MR) is 56.3 cm³/mol. The van der Waals surface area contributed by atoms with Crippen molar-refractivity contribution in [2.24, 2.45) is 0 Å². The van der Waals surface area contributed by atoms with Crippen LogP contribution in [0.25, 0.3) is 0 Å². The molecule has 2 nitrogen and oxygen atoms in total. The molecule has 0 aromatic heterocycles. The molecular formula is C10H10N2S. The van der Waals surface area contributed by atoms with E-state index in [9.17, 15) is 0 Å². The number of anilines is 1. The lowest BCUT2D eigenvalue weighted by molar-refractivity contribution is 1.43. The fourth-order valence-electron chi connectivity index (χ4n) is 0.767. The van der Waals surface area contributed by atoms with Crippen molar-refractivity contribution in [1.82, 2.24) is 0 Å². The van der Waals surface area contributed by atoms with Crippen LogP contribution in [-0.2, 0) is 0 Å². The van der Waals surface area contributed by atoms with Gasteiger partial charge in [0.1, 0.15) is 0 Å². The van der Waals surface area contributed by atoms with Crippen molar-refractivity contribution in [1.29, 1.82) is 5.26 Å². The van der Waals surface area contributed by atoms with Crippen LogP contribution in [-0.4, -0.2) is 5.75 Å². The molecular weight excluding hydrogens is 180 g/mol. The van der Waals surface area contributed by atoms with Gasteiger partial charge in [0, 0.05) is 21.9 Å². The van der Waals surface area contributed by atoms with Crippen LogP contribution in [0.5, 0.6) is 0 Å². The zero-order valence-electron chi connectivity index (χ0n) is 7.16. The lowest BCUT2D eigenvalue weighted by Crippen LogP contribution is -1.84. The smallest absolute Gasteiger partial charge is 0.0949 e. The second-order valence-electron chi connectivity index (χ2n) is 2.57. The lowest BCUT2D eigenvalue weighted by atomic mass is 10.3.